The van der Waals surface area contributed by atoms with Gasteiger partial charge < -0.3 is 5.32 Å². The van der Waals surface area contributed by atoms with Crippen LogP contribution in [0.4, 0.5) is 18.9 Å². The second kappa shape index (κ2) is 8.14. The van der Waals surface area contributed by atoms with E-state index in [9.17, 15) is 18.0 Å². The first kappa shape index (κ1) is 19.4. The van der Waals surface area contributed by atoms with E-state index in [0.29, 0.717) is 4.34 Å². The molecule has 3 rings (SSSR count). The maximum Gasteiger partial charge on any atom is 0.418 e. The van der Waals surface area contributed by atoms with Gasteiger partial charge in [-0.1, -0.05) is 54.2 Å². The van der Waals surface area contributed by atoms with Gasteiger partial charge in [-0.25, -0.2) is 4.98 Å². The Morgan fingerprint density at radius 2 is 1.78 bits per heavy atom. The number of carbonyl (C=O) groups excluding carboxylic acids is 1. The SMILES string of the molecule is C[C@@H](Sc1nc(-c2ccccc2)cs1)C(=O)Nc1ccccc1C(F)(F)F. The molecule has 0 saturated carbocycles. The molecule has 0 saturated heterocycles. The lowest BCUT2D eigenvalue weighted by Crippen LogP contribution is -2.24. The van der Waals surface area contributed by atoms with Gasteiger partial charge in [-0.3, -0.25) is 4.79 Å². The Morgan fingerprint density at radius 3 is 2.48 bits per heavy atom. The number of aromatic nitrogens is 1. The third kappa shape index (κ3) is 4.90. The average Bonchev–Trinajstić information content (AvgIpc) is 3.10. The van der Waals surface area contributed by atoms with Crippen LogP contribution in [-0.2, 0) is 11.0 Å². The number of thiazole rings is 1. The van der Waals surface area contributed by atoms with E-state index < -0.39 is 22.9 Å². The van der Waals surface area contributed by atoms with Crippen molar-refractivity contribution in [2.75, 3.05) is 5.32 Å². The fraction of sp³-hybridized carbons (Fsp3) is 0.158. The molecule has 0 aliphatic heterocycles. The van der Waals surface area contributed by atoms with E-state index in [-0.39, 0.29) is 5.69 Å². The summed E-state index contributed by atoms with van der Waals surface area (Å²) in [6.45, 7) is 1.64. The third-order valence-corrected chi connectivity index (χ3v) is 5.76. The van der Waals surface area contributed by atoms with Crippen LogP contribution in [0, 0.1) is 0 Å². The second-order valence-electron chi connectivity index (χ2n) is 5.66. The van der Waals surface area contributed by atoms with Gasteiger partial charge in [0.05, 0.1) is 22.2 Å². The topological polar surface area (TPSA) is 42.0 Å². The predicted octanol–water partition coefficient (Wildman–Crippen LogP) is 5.95. The molecule has 0 unspecified atom stereocenters. The molecule has 27 heavy (non-hydrogen) atoms. The summed E-state index contributed by atoms with van der Waals surface area (Å²) in [6, 6.07) is 14.5. The van der Waals surface area contributed by atoms with Crippen molar-refractivity contribution in [3.8, 4) is 11.3 Å². The van der Waals surface area contributed by atoms with Crippen molar-refractivity contribution < 1.29 is 18.0 Å². The zero-order valence-corrected chi connectivity index (χ0v) is 15.8. The zero-order valence-electron chi connectivity index (χ0n) is 14.2. The molecule has 1 heterocycles. The summed E-state index contributed by atoms with van der Waals surface area (Å²) in [6.07, 6.45) is -4.53. The summed E-state index contributed by atoms with van der Waals surface area (Å²) >= 11 is 2.61. The Hall–Kier alpha value is -2.32. The summed E-state index contributed by atoms with van der Waals surface area (Å²) in [4.78, 5) is 16.8. The fourth-order valence-corrected chi connectivity index (χ4v) is 4.30. The van der Waals surface area contributed by atoms with Crippen LogP contribution in [0.25, 0.3) is 11.3 Å². The van der Waals surface area contributed by atoms with Gasteiger partial charge in [-0.2, -0.15) is 13.2 Å². The number of rotatable bonds is 5. The third-order valence-electron chi connectivity index (χ3n) is 3.69. The molecule has 140 valence electrons. The zero-order chi connectivity index (χ0) is 19.4. The van der Waals surface area contributed by atoms with Crippen LogP contribution in [-0.4, -0.2) is 16.1 Å². The summed E-state index contributed by atoms with van der Waals surface area (Å²) in [7, 11) is 0. The quantitative estimate of drug-likeness (QED) is 0.531. The second-order valence-corrected chi connectivity index (χ2v) is 8.10. The highest BCUT2D eigenvalue weighted by Crippen LogP contribution is 2.35. The van der Waals surface area contributed by atoms with Crippen LogP contribution in [0.1, 0.15) is 12.5 Å². The van der Waals surface area contributed by atoms with E-state index in [1.807, 2.05) is 35.7 Å². The lowest BCUT2D eigenvalue weighted by molar-refractivity contribution is -0.137. The van der Waals surface area contributed by atoms with E-state index in [1.54, 1.807) is 6.92 Å². The van der Waals surface area contributed by atoms with Gasteiger partial charge in [0.15, 0.2) is 4.34 Å². The Labute approximate surface area is 162 Å². The molecule has 0 aliphatic carbocycles. The van der Waals surface area contributed by atoms with Crippen molar-refractivity contribution in [3.63, 3.8) is 0 Å². The number of nitrogens with one attached hydrogen (secondary N) is 1. The number of benzene rings is 2. The number of amides is 1. The summed E-state index contributed by atoms with van der Waals surface area (Å²) < 4.78 is 39.8. The Balaban J connectivity index is 1.68. The van der Waals surface area contributed by atoms with Gasteiger partial charge in [-0.05, 0) is 19.1 Å². The normalized spacial score (nSPS) is 12.6. The molecule has 2 aromatic carbocycles. The first-order chi connectivity index (χ1) is 12.8. The van der Waals surface area contributed by atoms with Gasteiger partial charge >= 0.3 is 6.18 Å². The Morgan fingerprint density at radius 1 is 1.11 bits per heavy atom. The van der Waals surface area contributed by atoms with Gasteiger partial charge in [0.1, 0.15) is 0 Å². The molecule has 0 radical (unpaired) electrons. The number of hydrogen-bond donors (Lipinski definition) is 1. The van der Waals surface area contributed by atoms with Crippen LogP contribution in [0.3, 0.4) is 0 Å². The van der Waals surface area contributed by atoms with E-state index >= 15 is 0 Å². The molecule has 1 aromatic heterocycles. The summed E-state index contributed by atoms with van der Waals surface area (Å²) in [5, 5.41) is 3.67. The highest BCUT2D eigenvalue weighted by Gasteiger charge is 2.34. The minimum absolute atomic E-state index is 0.244. The predicted molar refractivity (Wildman–Crippen MR) is 103 cm³/mol. The van der Waals surface area contributed by atoms with Gasteiger partial charge in [0.2, 0.25) is 5.91 Å². The molecule has 1 atom stereocenters. The number of hydrogen-bond acceptors (Lipinski definition) is 4. The number of halogens is 3. The van der Waals surface area contributed by atoms with E-state index in [0.717, 1.165) is 17.3 Å². The largest absolute Gasteiger partial charge is 0.418 e. The van der Waals surface area contributed by atoms with Crippen molar-refractivity contribution in [2.24, 2.45) is 0 Å². The smallest absolute Gasteiger partial charge is 0.325 e. The lowest BCUT2D eigenvalue weighted by atomic mass is 10.1. The molecule has 3 aromatic rings. The van der Waals surface area contributed by atoms with Crippen LogP contribution in [0.5, 0.6) is 0 Å². The lowest BCUT2D eigenvalue weighted by Gasteiger charge is -2.15. The molecule has 0 fully saturated rings. The molecular weight excluding hydrogens is 393 g/mol. The first-order valence-corrected chi connectivity index (χ1v) is 9.75. The van der Waals surface area contributed by atoms with E-state index in [4.69, 9.17) is 0 Å². The highest BCUT2D eigenvalue weighted by atomic mass is 32.2. The molecule has 0 aliphatic rings. The number of thioether (sulfide) groups is 1. The van der Waals surface area contributed by atoms with E-state index in [2.05, 4.69) is 10.3 Å². The van der Waals surface area contributed by atoms with Gasteiger partial charge in [-0.15, -0.1) is 11.3 Å². The molecular formula is C19H15F3N2OS2. The summed E-state index contributed by atoms with van der Waals surface area (Å²) in [5.41, 5.74) is 0.665. The minimum Gasteiger partial charge on any atom is -0.325 e. The van der Waals surface area contributed by atoms with E-state index in [1.165, 1.54) is 41.3 Å². The molecule has 1 amide bonds. The average molecular weight is 408 g/mol. The van der Waals surface area contributed by atoms with Crippen molar-refractivity contribution in [1.82, 2.24) is 4.98 Å². The van der Waals surface area contributed by atoms with Crippen LogP contribution in [0.2, 0.25) is 0 Å². The molecule has 3 nitrogen and oxygen atoms in total. The number of alkyl halides is 3. The Bertz CT molecular complexity index is 926. The Kier molecular flexibility index (Phi) is 5.86. The van der Waals surface area contributed by atoms with Crippen LogP contribution < -0.4 is 5.32 Å². The van der Waals surface area contributed by atoms with Crippen LogP contribution in [0.15, 0.2) is 64.3 Å². The van der Waals surface area contributed by atoms with Crippen molar-refractivity contribution in [1.29, 1.82) is 0 Å². The molecule has 8 heteroatoms. The highest BCUT2D eigenvalue weighted by molar-refractivity contribution is 8.02. The molecule has 0 spiro atoms. The monoisotopic (exact) mass is 408 g/mol. The maximum absolute atomic E-state index is 13.0. The number of anilines is 1. The molecule has 0 bridgehead atoms. The number of carbonyl (C=O) groups is 1. The van der Waals surface area contributed by atoms with Crippen molar-refractivity contribution in [3.05, 3.63) is 65.5 Å². The number of nitrogens with zero attached hydrogens (tertiary/aromatic N) is 1. The van der Waals surface area contributed by atoms with Crippen LogP contribution >= 0.6 is 23.1 Å². The standard InChI is InChI=1S/C19H15F3N2OS2/c1-12(17(25)23-15-10-6-5-9-14(15)19(20,21)22)27-18-24-16(11-26-18)13-7-3-2-4-8-13/h2-12H,1H3,(H,23,25)/t12-/m1/s1. The van der Waals surface area contributed by atoms with Gasteiger partial charge in [0.25, 0.3) is 0 Å². The minimum atomic E-state index is -4.53. The van der Waals surface area contributed by atoms with Gasteiger partial charge in [0, 0.05) is 10.9 Å². The van der Waals surface area contributed by atoms with Crippen molar-refractivity contribution >= 4 is 34.7 Å². The number of para-hydroxylation sites is 1. The molecule has 1 N–H and O–H groups in total. The first-order valence-electron chi connectivity index (χ1n) is 7.99. The van der Waals surface area contributed by atoms with Crippen molar-refractivity contribution in [2.45, 2.75) is 22.7 Å². The summed E-state index contributed by atoms with van der Waals surface area (Å²) in [5.74, 6) is -0.506. The fourth-order valence-electron chi connectivity index (χ4n) is 2.33. The maximum atomic E-state index is 13.0.